The van der Waals surface area contributed by atoms with Gasteiger partial charge in [0.05, 0.1) is 0 Å². The van der Waals surface area contributed by atoms with Gasteiger partial charge in [0, 0.05) is 57.6 Å². The number of likely N-dealkylation sites (N-methyl/N-ethyl adjacent to an activating group) is 1. The summed E-state index contributed by atoms with van der Waals surface area (Å²) in [5, 5.41) is 2.98. The van der Waals surface area contributed by atoms with E-state index in [0.717, 1.165) is 18.7 Å². The van der Waals surface area contributed by atoms with Crippen molar-refractivity contribution in [2.75, 3.05) is 51.2 Å². The highest BCUT2D eigenvalue weighted by Crippen LogP contribution is 2.12. The van der Waals surface area contributed by atoms with Gasteiger partial charge in [-0.05, 0) is 36.2 Å². The van der Waals surface area contributed by atoms with Crippen LogP contribution in [0.1, 0.15) is 22.8 Å². The number of nitrogens with zero attached hydrogens (tertiary/aromatic N) is 3. The number of hydrogen-bond acceptors (Lipinski definition) is 3. The van der Waals surface area contributed by atoms with Gasteiger partial charge in [-0.2, -0.15) is 0 Å². The van der Waals surface area contributed by atoms with Crippen molar-refractivity contribution in [3.8, 4) is 0 Å². The molecular weight excluding hydrogens is 364 g/mol. The second-order valence-corrected chi connectivity index (χ2v) is 7.32. The van der Waals surface area contributed by atoms with Gasteiger partial charge in [0.15, 0.2) is 0 Å². The van der Waals surface area contributed by atoms with Gasteiger partial charge in [0.1, 0.15) is 0 Å². The predicted molar refractivity (Wildman–Crippen MR) is 116 cm³/mol. The summed E-state index contributed by atoms with van der Waals surface area (Å²) in [7, 11) is 2.01. The molecule has 0 radical (unpaired) electrons. The standard InChI is InChI=1S/C23H30N4O2/c1-3-19-9-11-20(12-10-19)22(28)26-15-17-27(18-16-26)23(29)24-13-14-25(2)21-7-5-4-6-8-21/h4-12H,3,13-18H2,1-2H3,(H,24,29). The lowest BCUT2D eigenvalue weighted by molar-refractivity contribution is 0.0665. The molecule has 3 rings (SSSR count). The molecule has 0 spiro atoms. The molecule has 6 nitrogen and oxygen atoms in total. The lowest BCUT2D eigenvalue weighted by Gasteiger charge is -2.35. The van der Waals surface area contributed by atoms with Crippen molar-refractivity contribution >= 4 is 17.6 Å². The van der Waals surface area contributed by atoms with Gasteiger partial charge in [-0.1, -0.05) is 37.3 Å². The molecule has 154 valence electrons. The molecule has 0 saturated carbocycles. The van der Waals surface area contributed by atoms with Crippen LogP contribution in [0.5, 0.6) is 0 Å². The summed E-state index contributed by atoms with van der Waals surface area (Å²) in [5.74, 6) is 0.0391. The van der Waals surface area contributed by atoms with E-state index >= 15 is 0 Å². The number of piperazine rings is 1. The van der Waals surface area contributed by atoms with Gasteiger partial charge in [-0.15, -0.1) is 0 Å². The monoisotopic (exact) mass is 394 g/mol. The third-order valence-electron chi connectivity index (χ3n) is 5.38. The molecule has 0 unspecified atom stereocenters. The molecule has 1 N–H and O–H groups in total. The highest BCUT2D eigenvalue weighted by atomic mass is 16.2. The van der Waals surface area contributed by atoms with Crippen LogP contribution in [0.25, 0.3) is 0 Å². The summed E-state index contributed by atoms with van der Waals surface area (Å²) in [5.41, 5.74) is 3.06. The second-order valence-electron chi connectivity index (χ2n) is 7.32. The van der Waals surface area contributed by atoms with Crippen molar-refractivity contribution in [1.82, 2.24) is 15.1 Å². The molecule has 1 aliphatic heterocycles. The van der Waals surface area contributed by atoms with Gasteiger partial charge in [-0.3, -0.25) is 4.79 Å². The van der Waals surface area contributed by atoms with E-state index in [1.165, 1.54) is 5.56 Å². The highest BCUT2D eigenvalue weighted by molar-refractivity contribution is 5.94. The van der Waals surface area contributed by atoms with E-state index in [9.17, 15) is 9.59 Å². The van der Waals surface area contributed by atoms with E-state index in [-0.39, 0.29) is 11.9 Å². The molecule has 29 heavy (non-hydrogen) atoms. The van der Waals surface area contributed by atoms with Crippen molar-refractivity contribution in [2.24, 2.45) is 0 Å². The molecule has 1 heterocycles. The molecule has 2 aromatic carbocycles. The number of amides is 3. The van der Waals surface area contributed by atoms with Gasteiger partial charge in [0.25, 0.3) is 5.91 Å². The fourth-order valence-corrected chi connectivity index (χ4v) is 3.43. The minimum atomic E-state index is -0.0640. The Morgan fingerprint density at radius 3 is 2.17 bits per heavy atom. The Hall–Kier alpha value is -3.02. The summed E-state index contributed by atoms with van der Waals surface area (Å²) in [4.78, 5) is 30.8. The predicted octanol–water partition coefficient (Wildman–Crippen LogP) is 2.85. The first kappa shape index (κ1) is 20.7. The van der Waals surface area contributed by atoms with E-state index in [2.05, 4.69) is 17.1 Å². The van der Waals surface area contributed by atoms with Gasteiger partial charge < -0.3 is 20.0 Å². The van der Waals surface area contributed by atoms with Crippen molar-refractivity contribution in [1.29, 1.82) is 0 Å². The number of nitrogens with one attached hydrogen (secondary N) is 1. The number of hydrogen-bond donors (Lipinski definition) is 1. The van der Waals surface area contributed by atoms with Crippen LogP contribution in [0.3, 0.4) is 0 Å². The van der Waals surface area contributed by atoms with Crippen LogP contribution in [0.15, 0.2) is 54.6 Å². The fourth-order valence-electron chi connectivity index (χ4n) is 3.43. The largest absolute Gasteiger partial charge is 0.373 e. The second kappa shape index (κ2) is 9.96. The number of carbonyl (C=O) groups excluding carboxylic acids is 2. The summed E-state index contributed by atoms with van der Waals surface area (Å²) < 4.78 is 0. The van der Waals surface area contributed by atoms with Crippen molar-refractivity contribution < 1.29 is 9.59 Å². The summed E-state index contributed by atoms with van der Waals surface area (Å²) in [6, 6.07) is 17.8. The number of anilines is 1. The van der Waals surface area contributed by atoms with Gasteiger partial charge >= 0.3 is 6.03 Å². The number of benzene rings is 2. The zero-order valence-corrected chi connectivity index (χ0v) is 17.3. The SMILES string of the molecule is CCc1ccc(C(=O)N2CCN(C(=O)NCCN(C)c3ccccc3)CC2)cc1. The average molecular weight is 395 g/mol. The lowest BCUT2D eigenvalue weighted by Crippen LogP contribution is -2.53. The maximum atomic E-state index is 12.7. The molecule has 6 heteroatoms. The fraction of sp³-hybridized carbons (Fsp3) is 0.391. The number of rotatable bonds is 6. The Labute approximate surface area is 173 Å². The first-order valence-corrected chi connectivity index (χ1v) is 10.3. The first-order chi connectivity index (χ1) is 14.1. The number of carbonyl (C=O) groups is 2. The minimum Gasteiger partial charge on any atom is -0.373 e. The van der Waals surface area contributed by atoms with Crippen molar-refractivity contribution in [3.63, 3.8) is 0 Å². The van der Waals surface area contributed by atoms with E-state index in [1.807, 2.05) is 66.5 Å². The van der Waals surface area contributed by atoms with E-state index < -0.39 is 0 Å². The summed E-state index contributed by atoms with van der Waals surface area (Å²) in [6.07, 6.45) is 0.962. The molecule has 2 aromatic rings. The molecule has 1 saturated heterocycles. The van der Waals surface area contributed by atoms with Gasteiger partial charge in [0.2, 0.25) is 0 Å². The van der Waals surface area contributed by atoms with E-state index in [1.54, 1.807) is 4.90 Å². The molecule has 3 amide bonds. The van der Waals surface area contributed by atoms with Crippen LogP contribution in [-0.2, 0) is 6.42 Å². The number of urea groups is 1. The Morgan fingerprint density at radius 1 is 0.931 bits per heavy atom. The zero-order valence-electron chi connectivity index (χ0n) is 17.3. The highest BCUT2D eigenvalue weighted by Gasteiger charge is 2.24. The molecule has 0 aliphatic carbocycles. The van der Waals surface area contributed by atoms with Gasteiger partial charge in [-0.25, -0.2) is 4.79 Å². The number of para-hydroxylation sites is 1. The molecule has 0 atom stereocenters. The zero-order chi connectivity index (χ0) is 20.6. The Kier molecular flexibility index (Phi) is 7.11. The molecule has 1 aliphatic rings. The van der Waals surface area contributed by atoms with Crippen LogP contribution in [0.2, 0.25) is 0 Å². The average Bonchev–Trinajstić information content (AvgIpc) is 2.79. The summed E-state index contributed by atoms with van der Waals surface area (Å²) in [6.45, 7) is 5.64. The molecule has 1 fully saturated rings. The topological polar surface area (TPSA) is 55.9 Å². The third kappa shape index (κ3) is 5.50. The van der Waals surface area contributed by atoms with Crippen LogP contribution in [-0.4, -0.2) is 68.1 Å². The smallest absolute Gasteiger partial charge is 0.317 e. The Bertz CT molecular complexity index is 799. The summed E-state index contributed by atoms with van der Waals surface area (Å²) >= 11 is 0. The molecule has 0 bridgehead atoms. The quantitative estimate of drug-likeness (QED) is 0.820. The maximum absolute atomic E-state index is 12.7. The lowest BCUT2D eigenvalue weighted by atomic mass is 10.1. The first-order valence-electron chi connectivity index (χ1n) is 10.3. The normalized spacial score (nSPS) is 13.9. The number of aryl methyl sites for hydroxylation is 1. The van der Waals surface area contributed by atoms with E-state index in [0.29, 0.717) is 38.3 Å². The third-order valence-corrected chi connectivity index (χ3v) is 5.38. The van der Waals surface area contributed by atoms with Crippen molar-refractivity contribution in [3.05, 3.63) is 65.7 Å². The minimum absolute atomic E-state index is 0.0391. The Morgan fingerprint density at radius 2 is 1.55 bits per heavy atom. The van der Waals surface area contributed by atoms with Crippen LogP contribution in [0, 0.1) is 0 Å². The Balaban J connectivity index is 1.41. The van der Waals surface area contributed by atoms with Crippen molar-refractivity contribution in [2.45, 2.75) is 13.3 Å². The van der Waals surface area contributed by atoms with Crippen LogP contribution < -0.4 is 10.2 Å². The van der Waals surface area contributed by atoms with E-state index in [4.69, 9.17) is 0 Å². The van der Waals surface area contributed by atoms with Crippen LogP contribution in [0.4, 0.5) is 10.5 Å². The molecular formula is C23H30N4O2. The molecule has 0 aromatic heterocycles. The van der Waals surface area contributed by atoms with Crippen LogP contribution >= 0.6 is 0 Å². The maximum Gasteiger partial charge on any atom is 0.317 e.